The van der Waals surface area contributed by atoms with Gasteiger partial charge in [-0.2, -0.15) is 5.10 Å². The fourth-order valence-electron chi connectivity index (χ4n) is 2.17. The van der Waals surface area contributed by atoms with Crippen molar-refractivity contribution in [2.75, 3.05) is 5.32 Å². The molecule has 1 amide bonds. The van der Waals surface area contributed by atoms with E-state index >= 15 is 0 Å². The summed E-state index contributed by atoms with van der Waals surface area (Å²) in [5, 5.41) is 7.65. The Kier molecular flexibility index (Phi) is 4.39. The molecule has 2 aromatic rings. The van der Waals surface area contributed by atoms with Crippen molar-refractivity contribution in [1.29, 1.82) is 0 Å². The SMILES string of the molecule is CCc1nn(C)c(NC(=O)c2ccncc2Cl)c1CC. The average Bonchev–Trinajstić information content (AvgIpc) is 2.75. The Balaban J connectivity index is 2.33. The van der Waals surface area contributed by atoms with Crippen LogP contribution in [0.2, 0.25) is 5.02 Å². The summed E-state index contributed by atoms with van der Waals surface area (Å²) in [6, 6.07) is 1.60. The number of pyridine rings is 1. The molecule has 1 N–H and O–H groups in total. The molecule has 0 aliphatic carbocycles. The highest BCUT2D eigenvalue weighted by atomic mass is 35.5. The largest absolute Gasteiger partial charge is 0.306 e. The van der Waals surface area contributed by atoms with Gasteiger partial charge in [-0.15, -0.1) is 0 Å². The van der Waals surface area contributed by atoms with Gasteiger partial charge in [0.25, 0.3) is 5.91 Å². The topological polar surface area (TPSA) is 59.8 Å². The number of aromatic nitrogens is 3. The predicted octanol–water partition coefficient (Wildman–Crippen LogP) is 2.85. The Morgan fingerprint density at radius 3 is 2.75 bits per heavy atom. The second-order valence-electron chi connectivity index (χ2n) is 4.41. The lowest BCUT2D eigenvalue weighted by atomic mass is 10.1. The maximum Gasteiger partial charge on any atom is 0.258 e. The highest BCUT2D eigenvalue weighted by molar-refractivity contribution is 6.34. The van der Waals surface area contributed by atoms with Gasteiger partial charge < -0.3 is 5.32 Å². The normalized spacial score (nSPS) is 10.6. The van der Waals surface area contributed by atoms with Crippen LogP contribution in [0, 0.1) is 0 Å². The summed E-state index contributed by atoms with van der Waals surface area (Å²) in [6.45, 7) is 4.10. The molecule has 106 valence electrons. The number of carbonyl (C=O) groups is 1. The van der Waals surface area contributed by atoms with E-state index in [9.17, 15) is 4.79 Å². The quantitative estimate of drug-likeness (QED) is 0.942. The second kappa shape index (κ2) is 6.05. The van der Waals surface area contributed by atoms with E-state index in [1.807, 2.05) is 20.9 Å². The number of aryl methyl sites for hydroxylation is 2. The number of hydrogen-bond donors (Lipinski definition) is 1. The van der Waals surface area contributed by atoms with Crippen molar-refractivity contribution < 1.29 is 4.79 Å². The third kappa shape index (κ3) is 2.67. The number of nitrogens with zero attached hydrogens (tertiary/aromatic N) is 3. The molecule has 0 bridgehead atoms. The standard InChI is InChI=1S/C14H17ClN4O/c1-4-9-12(5-2)18-19(3)13(9)17-14(20)10-6-7-16-8-11(10)15/h6-8H,4-5H2,1-3H3,(H,17,20). The first-order chi connectivity index (χ1) is 9.58. The first-order valence-corrected chi connectivity index (χ1v) is 6.91. The van der Waals surface area contributed by atoms with Gasteiger partial charge in [0.05, 0.1) is 16.3 Å². The minimum absolute atomic E-state index is 0.252. The molecular weight excluding hydrogens is 276 g/mol. The number of rotatable bonds is 4. The van der Waals surface area contributed by atoms with Crippen LogP contribution in [0.25, 0.3) is 0 Å². The first-order valence-electron chi connectivity index (χ1n) is 6.54. The molecule has 2 rings (SSSR count). The zero-order chi connectivity index (χ0) is 14.7. The Hall–Kier alpha value is -1.88. The summed E-state index contributed by atoms with van der Waals surface area (Å²) in [4.78, 5) is 16.2. The van der Waals surface area contributed by atoms with Gasteiger partial charge in [0, 0.05) is 25.0 Å². The van der Waals surface area contributed by atoms with Crippen LogP contribution in [-0.4, -0.2) is 20.7 Å². The molecular formula is C14H17ClN4O. The first kappa shape index (κ1) is 14.5. The van der Waals surface area contributed by atoms with Gasteiger partial charge in [0.2, 0.25) is 0 Å². The smallest absolute Gasteiger partial charge is 0.258 e. The molecule has 0 saturated heterocycles. The van der Waals surface area contributed by atoms with Crippen LogP contribution in [0.1, 0.15) is 35.5 Å². The highest BCUT2D eigenvalue weighted by Gasteiger charge is 2.17. The Morgan fingerprint density at radius 2 is 2.15 bits per heavy atom. The average molecular weight is 293 g/mol. The Bertz CT molecular complexity index is 636. The monoisotopic (exact) mass is 292 g/mol. The second-order valence-corrected chi connectivity index (χ2v) is 4.82. The summed E-state index contributed by atoms with van der Waals surface area (Å²) in [7, 11) is 1.82. The molecule has 2 aromatic heterocycles. The summed E-state index contributed by atoms with van der Waals surface area (Å²) in [5.74, 6) is 0.472. The number of anilines is 1. The van der Waals surface area contributed by atoms with Crippen molar-refractivity contribution >= 4 is 23.3 Å². The third-order valence-corrected chi connectivity index (χ3v) is 3.47. The van der Waals surface area contributed by atoms with E-state index in [1.165, 1.54) is 6.20 Å². The number of nitrogens with one attached hydrogen (secondary N) is 1. The van der Waals surface area contributed by atoms with E-state index in [-0.39, 0.29) is 5.91 Å². The van der Waals surface area contributed by atoms with E-state index in [0.29, 0.717) is 10.6 Å². The van der Waals surface area contributed by atoms with Gasteiger partial charge >= 0.3 is 0 Å². The van der Waals surface area contributed by atoms with E-state index in [4.69, 9.17) is 11.6 Å². The summed E-state index contributed by atoms with van der Waals surface area (Å²) in [6.07, 6.45) is 4.65. The molecule has 0 radical (unpaired) electrons. The zero-order valence-electron chi connectivity index (χ0n) is 11.8. The number of carbonyl (C=O) groups excluding carboxylic acids is 1. The van der Waals surface area contributed by atoms with Crippen LogP contribution in [0.3, 0.4) is 0 Å². The summed E-state index contributed by atoms with van der Waals surface area (Å²) in [5.41, 5.74) is 2.47. The predicted molar refractivity (Wildman–Crippen MR) is 79.2 cm³/mol. The van der Waals surface area contributed by atoms with Gasteiger partial charge in [-0.25, -0.2) is 0 Å². The van der Waals surface area contributed by atoms with Crippen LogP contribution in [0.4, 0.5) is 5.82 Å². The number of halogens is 1. The number of amides is 1. The molecule has 0 aliphatic heterocycles. The zero-order valence-corrected chi connectivity index (χ0v) is 12.5. The molecule has 0 aromatic carbocycles. The minimum Gasteiger partial charge on any atom is -0.306 e. The van der Waals surface area contributed by atoms with Gasteiger partial charge in [-0.05, 0) is 18.9 Å². The lowest BCUT2D eigenvalue weighted by Crippen LogP contribution is -2.16. The van der Waals surface area contributed by atoms with Crippen LogP contribution < -0.4 is 5.32 Å². The molecule has 5 nitrogen and oxygen atoms in total. The summed E-state index contributed by atoms with van der Waals surface area (Å²) >= 11 is 5.99. The van der Waals surface area contributed by atoms with Gasteiger partial charge in [0.15, 0.2) is 0 Å². The molecule has 0 fully saturated rings. The van der Waals surface area contributed by atoms with Crippen molar-refractivity contribution in [2.45, 2.75) is 26.7 Å². The number of hydrogen-bond acceptors (Lipinski definition) is 3. The molecule has 0 saturated carbocycles. The van der Waals surface area contributed by atoms with Crippen molar-refractivity contribution in [1.82, 2.24) is 14.8 Å². The van der Waals surface area contributed by atoms with E-state index in [2.05, 4.69) is 15.4 Å². The Labute approximate surface area is 123 Å². The molecule has 20 heavy (non-hydrogen) atoms. The maximum absolute atomic E-state index is 12.3. The summed E-state index contributed by atoms with van der Waals surface area (Å²) < 4.78 is 1.70. The molecule has 6 heteroatoms. The lowest BCUT2D eigenvalue weighted by Gasteiger charge is -2.08. The van der Waals surface area contributed by atoms with Gasteiger partial charge in [0.1, 0.15) is 5.82 Å². The van der Waals surface area contributed by atoms with Crippen molar-refractivity contribution in [3.63, 3.8) is 0 Å². The van der Waals surface area contributed by atoms with E-state index in [0.717, 1.165) is 29.9 Å². The van der Waals surface area contributed by atoms with Crippen LogP contribution in [0.15, 0.2) is 18.5 Å². The molecule has 0 spiro atoms. The van der Waals surface area contributed by atoms with Gasteiger partial charge in [-0.1, -0.05) is 25.4 Å². The minimum atomic E-state index is -0.252. The molecule has 0 unspecified atom stereocenters. The highest BCUT2D eigenvalue weighted by Crippen LogP contribution is 2.22. The van der Waals surface area contributed by atoms with E-state index < -0.39 is 0 Å². The fourth-order valence-corrected chi connectivity index (χ4v) is 2.37. The fraction of sp³-hybridized carbons (Fsp3) is 0.357. The van der Waals surface area contributed by atoms with Crippen molar-refractivity contribution in [3.8, 4) is 0 Å². The lowest BCUT2D eigenvalue weighted by molar-refractivity contribution is 0.102. The third-order valence-electron chi connectivity index (χ3n) is 3.17. The van der Waals surface area contributed by atoms with Crippen molar-refractivity contribution in [2.24, 2.45) is 7.05 Å². The van der Waals surface area contributed by atoms with Crippen molar-refractivity contribution in [3.05, 3.63) is 40.3 Å². The maximum atomic E-state index is 12.3. The molecule has 0 atom stereocenters. The van der Waals surface area contributed by atoms with Crippen LogP contribution in [-0.2, 0) is 19.9 Å². The van der Waals surface area contributed by atoms with E-state index in [1.54, 1.807) is 16.9 Å². The Morgan fingerprint density at radius 1 is 1.40 bits per heavy atom. The van der Waals surface area contributed by atoms with Crippen LogP contribution >= 0.6 is 11.6 Å². The van der Waals surface area contributed by atoms with Crippen LogP contribution in [0.5, 0.6) is 0 Å². The van der Waals surface area contributed by atoms with Gasteiger partial charge in [-0.3, -0.25) is 14.5 Å². The molecule has 2 heterocycles. The molecule has 0 aliphatic rings.